The second kappa shape index (κ2) is 6.54. The first-order valence-electron chi connectivity index (χ1n) is 5.69. The van der Waals surface area contributed by atoms with Gasteiger partial charge < -0.3 is 5.32 Å². The van der Waals surface area contributed by atoms with E-state index in [0.29, 0.717) is 12.3 Å². The summed E-state index contributed by atoms with van der Waals surface area (Å²) < 4.78 is 0. The fraction of sp³-hybridized carbons (Fsp3) is 0.462. The Morgan fingerprint density at radius 1 is 1.25 bits per heavy atom. The SMILES string of the molecule is CCc1cccc(CC)c1NC(=O)CCCl. The number of amides is 1. The number of para-hydroxylation sites is 1. The molecule has 1 amide bonds. The van der Waals surface area contributed by atoms with E-state index in [4.69, 9.17) is 11.6 Å². The van der Waals surface area contributed by atoms with Crippen LogP contribution < -0.4 is 5.32 Å². The van der Waals surface area contributed by atoms with Gasteiger partial charge in [-0.25, -0.2) is 0 Å². The Hall–Kier alpha value is -1.02. The highest BCUT2D eigenvalue weighted by Gasteiger charge is 2.09. The van der Waals surface area contributed by atoms with Gasteiger partial charge in [0, 0.05) is 18.0 Å². The van der Waals surface area contributed by atoms with Gasteiger partial charge >= 0.3 is 0 Å². The third-order valence-corrected chi connectivity index (χ3v) is 2.77. The zero-order valence-electron chi connectivity index (χ0n) is 9.85. The molecule has 0 heterocycles. The number of nitrogens with one attached hydrogen (secondary N) is 1. The molecule has 2 nitrogen and oxygen atoms in total. The van der Waals surface area contributed by atoms with E-state index in [1.54, 1.807) is 0 Å². The first-order chi connectivity index (χ1) is 7.72. The summed E-state index contributed by atoms with van der Waals surface area (Å²) >= 11 is 5.55. The third-order valence-electron chi connectivity index (χ3n) is 2.58. The van der Waals surface area contributed by atoms with Crippen molar-refractivity contribution in [3.05, 3.63) is 29.3 Å². The summed E-state index contributed by atoms with van der Waals surface area (Å²) in [6.45, 7) is 4.18. The number of hydrogen-bond donors (Lipinski definition) is 1. The van der Waals surface area contributed by atoms with E-state index in [-0.39, 0.29) is 5.91 Å². The minimum absolute atomic E-state index is 0.00870. The molecule has 1 aromatic rings. The van der Waals surface area contributed by atoms with E-state index in [1.807, 2.05) is 6.07 Å². The predicted molar refractivity (Wildman–Crippen MR) is 69.2 cm³/mol. The Balaban J connectivity index is 2.95. The van der Waals surface area contributed by atoms with Gasteiger partial charge in [-0.2, -0.15) is 0 Å². The molecule has 0 bridgehead atoms. The van der Waals surface area contributed by atoms with Gasteiger partial charge in [0.1, 0.15) is 0 Å². The molecule has 0 unspecified atom stereocenters. The molecular formula is C13H18ClNO. The quantitative estimate of drug-likeness (QED) is 0.785. The lowest BCUT2D eigenvalue weighted by atomic mass is 10.0. The summed E-state index contributed by atoms with van der Waals surface area (Å²) in [6, 6.07) is 6.14. The van der Waals surface area contributed by atoms with Crippen LogP contribution in [0.4, 0.5) is 5.69 Å². The molecule has 0 radical (unpaired) electrons. The Bertz CT molecular complexity index is 341. The van der Waals surface area contributed by atoms with E-state index in [0.717, 1.165) is 18.5 Å². The van der Waals surface area contributed by atoms with Gasteiger partial charge in [-0.15, -0.1) is 11.6 Å². The number of aryl methyl sites for hydroxylation is 2. The van der Waals surface area contributed by atoms with Crippen LogP contribution in [-0.2, 0) is 17.6 Å². The van der Waals surface area contributed by atoms with Crippen LogP contribution in [0, 0.1) is 0 Å². The molecule has 0 saturated heterocycles. The molecule has 0 saturated carbocycles. The molecule has 0 atom stereocenters. The van der Waals surface area contributed by atoms with Gasteiger partial charge in [0.25, 0.3) is 0 Å². The second-order valence-corrected chi connectivity index (χ2v) is 4.02. The van der Waals surface area contributed by atoms with Crippen molar-refractivity contribution < 1.29 is 4.79 Å². The molecule has 0 aliphatic carbocycles. The van der Waals surface area contributed by atoms with Crippen molar-refractivity contribution in [2.45, 2.75) is 33.1 Å². The van der Waals surface area contributed by atoms with Crippen LogP contribution in [0.2, 0.25) is 0 Å². The third kappa shape index (κ3) is 3.24. The average Bonchev–Trinajstić information content (AvgIpc) is 2.29. The van der Waals surface area contributed by atoms with Gasteiger partial charge in [0.2, 0.25) is 5.91 Å². The Morgan fingerprint density at radius 3 is 2.25 bits per heavy atom. The van der Waals surface area contributed by atoms with Gasteiger partial charge in [0.05, 0.1) is 0 Å². The summed E-state index contributed by atoms with van der Waals surface area (Å²) in [6.07, 6.45) is 2.21. The summed E-state index contributed by atoms with van der Waals surface area (Å²) in [4.78, 5) is 11.6. The number of rotatable bonds is 5. The van der Waals surface area contributed by atoms with E-state index < -0.39 is 0 Å². The molecule has 0 fully saturated rings. The first kappa shape index (κ1) is 13.0. The van der Waals surface area contributed by atoms with Crippen LogP contribution in [0.1, 0.15) is 31.4 Å². The highest BCUT2D eigenvalue weighted by Crippen LogP contribution is 2.22. The van der Waals surface area contributed by atoms with Crippen molar-refractivity contribution in [2.75, 3.05) is 11.2 Å². The van der Waals surface area contributed by atoms with Gasteiger partial charge in [-0.3, -0.25) is 4.79 Å². The van der Waals surface area contributed by atoms with E-state index >= 15 is 0 Å². The Kier molecular flexibility index (Phi) is 5.33. The van der Waals surface area contributed by atoms with Crippen molar-refractivity contribution in [3.8, 4) is 0 Å². The Labute approximate surface area is 102 Å². The normalized spacial score (nSPS) is 10.2. The number of alkyl halides is 1. The minimum Gasteiger partial charge on any atom is -0.326 e. The summed E-state index contributed by atoms with van der Waals surface area (Å²) in [5, 5.41) is 2.96. The van der Waals surface area contributed by atoms with E-state index in [2.05, 4.69) is 31.3 Å². The fourth-order valence-corrected chi connectivity index (χ4v) is 1.86. The molecule has 0 aliphatic rings. The van der Waals surface area contributed by atoms with Crippen LogP contribution in [0.25, 0.3) is 0 Å². The van der Waals surface area contributed by atoms with Crippen molar-refractivity contribution >= 4 is 23.2 Å². The topological polar surface area (TPSA) is 29.1 Å². The maximum absolute atomic E-state index is 11.6. The lowest BCUT2D eigenvalue weighted by Crippen LogP contribution is -2.14. The zero-order chi connectivity index (χ0) is 12.0. The second-order valence-electron chi connectivity index (χ2n) is 3.65. The van der Waals surface area contributed by atoms with Crippen molar-refractivity contribution in [1.29, 1.82) is 0 Å². The van der Waals surface area contributed by atoms with Crippen molar-refractivity contribution in [2.24, 2.45) is 0 Å². The zero-order valence-corrected chi connectivity index (χ0v) is 10.6. The van der Waals surface area contributed by atoms with Gasteiger partial charge in [0.15, 0.2) is 0 Å². The predicted octanol–water partition coefficient (Wildman–Crippen LogP) is 3.38. The highest BCUT2D eigenvalue weighted by molar-refractivity contribution is 6.19. The number of halogens is 1. The van der Waals surface area contributed by atoms with Crippen LogP contribution in [0.3, 0.4) is 0 Å². The molecule has 88 valence electrons. The lowest BCUT2D eigenvalue weighted by Gasteiger charge is -2.13. The number of carbonyl (C=O) groups is 1. The number of hydrogen-bond acceptors (Lipinski definition) is 1. The summed E-state index contributed by atoms with van der Waals surface area (Å²) in [5.41, 5.74) is 3.34. The molecule has 0 aliphatic heterocycles. The number of anilines is 1. The molecule has 0 aromatic heterocycles. The number of benzene rings is 1. The highest BCUT2D eigenvalue weighted by atomic mass is 35.5. The van der Waals surface area contributed by atoms with E-state index in [1.165, 1.54) is 11.1 Å². The molecule has 1 aromatic carbocycles. The maximum Gasteiger partial charge on any atom is 0.225 e. The molecule has 3 heteroatoms. The van der Waals surface area contributed by atoms with Crippen molar-refractivity contribution in [3.63, 3.8) is 0 Å². The van der Waals surface area contributed by atoms with E-state index in [9.17, 15) is 4.79 Å². The molecular weight excluding hydrogens is 222 g/mol. The molecule has 16 heavy (non-hydrogen) atoms. The average molecular weight is 240 g/mol. The maximum atomic E-state index is 11.6. The molecule has 0 spiro atoms. The largest absolute Gasteiger partial charge is 0.326 e. The molecule has 1 N–H and O–H groups in total. The lowest BCUT2D eigenvalue weighted by molar-refractivity contribution is -0.115. The van der Waals surface area contributed by atoms with Crippen LogP contribution in [0.5, 0.6) is 0 Å². The number of carbonyl (C=O) groups excluding carboxylic acids is 1. The van der Waals surface area contributed by atoms with Crippen LogP contribution in [-0.4, -0.2) is 11.8 Å². The van der Waals surface area contributed by atoms with Crippen LogP contribution >= 0.6 is 11.6 Å². The smallest absolute Gasteiger partial charge is 0.225 e. The van der Waals surface area contributed by atoms with Crippen LogP contribution in [0.15, 0.2) is 18.2 Å². The summed E-state index contributed by atoms with van der Waals surface area (Å²) in [7, 11) is 0. The van der Waals surface area contributed by atoms with Gasteiger partial charge in [-0.1, -0.05) is 32.0 Å². The fourth-order valence-electron chi connectivity index (χ4n) is 1.69. The summed E-state index contributed by atoms with van der Waals surface area (Å²) in [5.74, 6) is 0.354. The minimum atomic E-state index is -0.00870. The van der Waals surface area contributed by atoms with Crippen molar-refractivity contribution in [1.82, 2.24) is 0 Å². The standard InChI is InChI=1S/C13H18ClNO/c1-3-10-6-5-7-11(4-2)13(10)15-12(16)8-9-14/h5-7H,3-4,8-9H2,1-2H3,(H,15,16). The first-order valence-corrected chi connectivity index (χ1v) is 6.22. The van der Waals surface area contributed by atoms with Gasteiger partial charge in [-0.05, 0) is 24.0 Å². The molecule has 1 rings (SSSR count). The monoisotopic (exact) mass is 239 g/mol. The Morgan fingerprint density at radius 2 is 1.81 bits per heavy atom.